The van der Waals surface area contributed by atoms with E-state index in [2.05, 4.69) is 4.98 Å². The molecule has 1 aliphatic rings. The lowest BCUT2D eigenvalue weighted by molar-refractivity contribution is -0.131. The third kappa shape index (κ3) is 3.36. The molecule has 0 atom stereocenters. The van der Waals surface area contributed by atoms with Gasteiger partial charge >= 0.3 is 0 Å². The Balaban J connectivity index is 1.65. The Morgan fingerprint density at radius 2 is 1.91 bits per heavy atom. The van der Waals surface area contributed by atoms with Gasteiger partial charge in [0.25, 0.3) is 0 Å². The van der Waals surface area contributed by atoms with E-state index in [-0.39, 0.29) is 12.5 Å². The Hall–Kier alpha value is -2.14. The highest BCUT2D eigenvalue weighted by atomic mass is 35.5. The van der Waals surface area contributed by atoms with Crippen molar-refractivity contribution in [3.05, 3.63) is 59.0 Å². The molecule has 0 bridgehead atoms. The lowest BCUT2D eigenvalue weighted by Crippen LogP contribution is -2.50. The molecular weight excluding hydrogens is 305 g/mol. The van der Waals surface area contributed by atoms with Gasteiger partial charge in [0.2, 0.25) is 11.9 Å². The van der Waals surface area contributed by atoms with E-state index in [4.69, 9.17) is 11.6 Å². The predicted molar refractivity (Wildman–Crippen MR) is 83.3 cm³/mol. The maximum Gasteiger partial charge on any atom is 0.242 e. The van der Waals surface area contributed by atoms with Gasteiger partial charge in [-0.3, -0.25) is 4.79 Å². The van der Waals surface area contributed by atoms with Gasteiger partial charge in [-0.05, 0) is 29.8 Å². The van der Waals surface area contributed by atoms with Crippen molar-refractivity contribution >= 4 is 23.3 Å². The zero-order valence-electron chi connectivity index (χ0n) is 11.9. The van der Waals surface area contributed by atoms with Gasteiger partial charge in [-0.1, -0.05) is 29.8 Å². The highest BCUT2D eigenvalue weighted by Gasteiger charge is 2.24. The maximum atomic E-state index is 13.2. The van der Waals surface area contributed by atoms with Crippen LogP contribution in [0.5, 0.6) is 0 Å². The van der Waals surface area contributed by atoms with Crippen LogP contribution in [0.25, 0.3) is 0 Å². The molecule has 1 aromatic carbocycles. The van der Waals surface area contributed by atoms with Crippen molar-refractivity contribution < 1.29 is 9.18 Å². The molecule has 2 aromatic rings. The van der Waals surface area contributed by atoms with E-state index in [0.717, 1.165) is 5.56 Å². The number of nitrogens with zero attached hydrogens (tertiary/aromatic N) is 3. The lowest BCUT2D eigenvalue weighted by Gasteiger charge is -2.35. The number of aromatic nitrogens is 1. The largest absolute Gasteiger partial charge is 0.345 e. The number of rotatable bonds is 3. The van der Waals surface area contributed by atoms with Crippen LogP contribution in [0.1, 0.15) is 5.56 Å². The molecule has 0 aliphatic carbocycles. The zero-order chi connectivity index (χ0) is 15.5. The highest BCUT2D eigenvalue weighted by Crippen LogP contribution is 2.17. The van der Waals surface area contributed by atoms with E-state index in [0.29, 0.717) is 30.5 Å². The normalized spacial score (nSPS) is 15.3. The molecule has 1 aliphatic heterocycles. The van der Waals surface area contributed by atoms with Crippen LogP contribution in [0.2, 0.25) is 5.02 Å². The molecule has 1 fully saturated rings. The third-order valence-corrected chi connectivity index (χ3v) is 3.88. The second-order valence-corrected chi connectivity index (χ2v) is 5.62. The molecule has 4 nitrogen and oxygen atoms in total. The number of benzene rings is 1. The Morgan fingerprint density at radius 3 is 2.59 bits per heavy atom. The standard InChI is InChI=1S/C16H15ClFN3O/c17-13-6-4-12(5-7-13)10-21-9-8-20(11-16(21)22)15-3-1-2-14(18)19-15/h1-7H,8-11H2. The molecule has 1 saturated heterocycles. The molecular formula is C16H15ClFN3O. The molecule has 0 unspecified atom stereocenters. The minimum atomic E-state index is -0.534. The quantitative estimate of drug-likeness (QED) is 0.816. The van der Waals surface area contributed by atoms with E-state index < -0.39 is 5.95 Å². The fraction of sp³-hybridized carbons (Fsp3) is 0.250. The lowest BCUT2D eigenvalue weighted by atomic mass is 10.2. The van der Waals surface area contributed by atoms with Crippen LogP contribution < -0.4 is 4.90 Å². The molecule has 3 rings (SSSR count). The van der Waals surface area contributed by atoms with Crippen LogP contribution in [0.4, 0.5) is 10.2 Å². The number of carbonyl (C=O) groups excluding carboxylic acids is 1. The zero-order valence-corrected chi connectivity index (χ0v) is 12.6. The summed E-state index contributed by atoms with van der Waals surface area (Å²) in [4.78, 5) is 19.7. The van der Waals surface area contributed by atoms with E-state index in [1.54, 1.807) is 21.9 Å². The van der Waals surface area contributed by atoms with Crippen molar-refractivity contribution in [1.82, 2.24) is 9.88 Å². The number of amides is 1. The smallest absolute Gasteiger partial charge is 0.242 e. The number of piperazine rings is 1. The second-order valence-electron chi connectivity index (χ2n) is 5.18. The number of anilines is 1. The van der Waals surface area contributed by atoms with E-state index in [1.165, 1.54) is 6.07 Å². The van der Waals surface area contributed by atoms with Crippen LogP contribution in [-0.4, -0.2) is 35.4 Å². The average molecular weight is 320 g/mol. The Labute approximate surface area is 133 Å². The van der Waals surface area contributed by atoms with Crippen LogP contribution >= 0.6 is 11.6 Å². The molecule has 2 heterocycles. The van der Waals surface area contributed by atoms with Gasteiger partial charge < -0.3 is 9.80 Å². The van der Waals surface area contributed by atoms with Crippen molar-refractivity contribution in [3.63, 3.8) is 0 Å². The summed E-state index contributed by atoms with van der Waals surface area (Å²) in [6.07, 6.45) is 0. The summed E-state index contributed by atoms with van der Waals surface area (Å²) in [5.74, 6) is -0.0275. The molecule has 0 spiro atoms. The van der Waals surface area contributed by atoms with E-state index in [9.17, 15) is 9.18 Å². The minimum Gasteiger partial charge on any atom is -0.345 e. The van der Waals surface area contributed by atoms with Gasteiger partial charge in [-0.2, -0.15) is 4.39 Å². The number of halogens is 2. The fourth-order valence-corrected chi connectivity index (χ4v) is 2.58. The predicted octanol–water partition coefficient (Wildman–Crippen LogP) is 2.72. The maximum absolute atomic E-state index is 13.2. The van der Waals surface area contributed by atoms with E-state index >= 15 is 0 Å². The van der Waals surface area contributed by atoms with Crippen molar-refractivity contribution in [2.75, 3.05) is 24.5 Å². The van der Waals surface area contributed by atoms with Gasteiger partial charge in [0.1, 0.15) is 5.82 Å². The molecule has 0 saturated carbocycles. The summed E-state index contributed by atoms with van der Waals surface area (Å²) in [5, 5.41) is 0.678. The summed E-state index contributed by atoms with van der Waals surface area (Å²) in [6, 6.07) is 12.1. The Kier molecular flexibility index (Phi) is 4.24. The topological polar surface area (TPSA) is 36.4 Å². The first kappa shape index (κ1) is 14.8. The number of carbonyl (C=O) groups is 1. The average Bonchev–Trinajstić information content (AvgIpc) is 2.51. The summed E-state index contributed by atoms with van der Waals surface area (Å²) < 4.78 is 13.2. The fourth-order valence-electron chi connectivity index (χ4n) is 2.46. The van der Waals surface area contributed by atoms with Crippen molar-refractivity contribution in [3.8, 4) is 0 Å². The molecule has 0 N–H and O–H groups in total. The van der Waals surface area contributed by atoms with Crippen LogP contribution in [-0.2, 0) is 11.3 Å². The van der Waals surface area contributed by atoms with Gasteiger partial charge in [0.15, 0.2) is 0 Å². The first-order valence-corrected chi connectivity index (χ1v) is 7.39. The molecule has 114 valence electrons. The molecule has 22 heavy (non-hydrogen) atoms. The van der Waals surface area contributed by atoms with Crippen LogP contribution in [0, 0.1) is 5.95 Å². The van der Waals surface area contributed by atoms with Crippen LogP contribution in [0.3, 0.4) is 0 Å². The van der Waals surface area contributed by atoms with Gasteiger partial charge in [-0.25, -0.2) is 4.98 Å². The first-order valence-electron chi connectivity index (χ1n) is 7.01. The molecule has 6 heteroatoms. The van der Waals surface area contributed by atoms with E-state index in [1.807, 2.05) is 24.3 Å². The summed E-state index contributed by atoms with van der Waals surface area (Å²) in [5.41, 5.74) is 1.04. The SMILES string of the molecule is O=C1CN(c2cccc(F)n2)CCN1Cc1ccc(Cl)cc1. The minimum absolute atomic E-state index is 0.00672. The third-order valence-electron chi connectivity index (χ3n) is 3.63. The molecule has 0 radical (unpaired) electrons. The monoisotopic (exact) mass is 319 g/mol. The number of hydrogen-bond acceptors (Lipinski definition) is 3. The second kappa shape index (κ2) is 6.32. The molecule has 1 amide bonds. The summed E-state index contributed by atoms with van der Waals surface area (Å²) >= 11 is 5.86. The Bertz CT molecular complexity index is 677. The highest BCUT2D eigenvalue weighted by molar-refractivity contribution is 6.30. The first-order chi connectivity index (χ1) is 10.6. The summed E-state index contributed by atoms with van der Waals surface area (Å²) in [7, 11) is 0. The van der Waals surface area contributed by atoms with Crippen molar-refractivity contribution in [2.45, 2.75) is 6.54 Å². The van der Waals surface area contributed by atoms with Gasteiger partial charge in [0.05, 0.1) is 6.54 Å². The number of pyridine rings is 1. The number of hydrogen-bond donors (Lipinski definition) is 0. The van der Waals surface area contributed by atoms with Gasteiger partial charge in [0, 0.05) is 24.7 Å². The van der Waals surface area contributed by atoms with Crippen LogP contribution in [0.15, 0.2) is 42.5 Å². The van der Waals surface area contributed by atoms with Gasteiger partial charge in [-0.15, -0.1) is 0 Å². The Morgan fingerprint density at radius 1 is 1.14 bits per heavy atom. The summed E-state index contributed by atoms with van der Waals surface area (Å²) in [6.45, 7) is 1.99. The van der Waals surface area contributed by atoms with Crippen molar-refractivity contribution in [1.29, 1.82) is 0 Å². The molecule has 1 aromatic heterocycles. The van der Waals surface area contributed by atoms with Crippen molar-refractivity contribution in [2.24, 2.45) is 0 Å².